The number of hydrogen-bond donors (Lipinski definition) is 4. The fourth-order valence-electron chi connectivity index (χ4n) is 0.432. The van der Waals surface area contributed by atoms with E-state index in [-0.39, 0.29) is 0 Å². The molecule has 0 saturated carbocycles. The van der Waals surface area contributed by atoms with Crippen LogP contribution in [-0.4, -0.2) is 12.6 Å². The van der Waals surface area contributed by atoms with Gasteiger partial charge in [0.15, 0.2) is 0 Å². The summed E-state index contributed by atoms with van der Waals surface area (Å²) in [6.45, 7) is 0. The quantitative estimate of drug-likeness (QED) is 0.275. The van der Waals surface area contributed by atoms with Crippen molar-refractivity contribution in [1.82, 2.24) is 10.9 Å². The van der Waals surface area contributed by atoms with Gasteiger partial charge in [0.25, 0.3) is 0 Å². The molecule has 0 spiro atoms. The largest absolute Gasteiger partial charge is 0.268 e. The molecule has 0 aromatic rings. The van der Waals surface area contributed by atoms with Crippen LogP contribution in [0.4, 0.5) is 0 Å². The summed E-state index contributed by atoms with van der Waals surface area (Å²) in [5.74, 6) is 9.96. The summed E-state index contributed by atoms with van der Waals surface area (Å²) in [4.78, 5) is 0. The highest BCUT2D eigenvalue weighted by atomic mass is 15.6. The van der Waals surface area contributed by atoms with E-state index in [2.05, 4.69) is 31.3 Å². The fourth-order valence-corrected chi connectivity index (χ4v) is 0.432. The van der Waals surface area contributed by atoms with Crippen molar-refractivity contribution < 1.29 is 0 Å². The Morgan fingerprint density at radius 2 is 1.10 bits per heavy atom. The van der Waals surface area contributed by atoms with Crippen molar-refractivity contribution in [2.45, 2.75) is 12.6 Å². The molecule has 0 radical (unpaired) electrons. The van der Waals surface area contributed by atoms with Gasteiger partial charge in [-0.2, -0.15) is 0 Å². The molecule has 6 N–H and O–H groups in total. The van der Waals surface area contributed by atoms with E-state index >= 15 is 0 Å². The van der Waals surface area contributed by atoms with Crippen LogP contribution in [0.25, 0.3) is 0 Å². The SMILES string of the molecule is NNC1N=NC(NN)N=N1. The lowest BCUT2D eigenvalue weighted by atomic mass is 10.8. The Bertz CT molecular complexity index is 119. The number of rotatable bonds is 2. The van der Waals surface area contributed by atoms with Gasteiger partial charge in [0.1, 0.15) is 0 Å². The molecule has 1 rings (SSSR count). The van der Waals surface area contributed by atoms with Crippen LogP contribution >= 0.6 is 0 Å². The molecule has 0 unspecified atom stereocenters. The van der Waals surface area contributed by atoms with Crippen molar-refractivity contribution in [2.75, 3.05) is 0 Å². The lowest BCUT2D eigenvalue weighted by Crippen LogP contribution is -2.37. The van der Waals surface area contributed by atoms with Crippen LogP contribution in [0.15, 0.2) is 20.5 Å². The zero-order valence-corrected chi connectivity index (χ0v) is 5.10. The maximum Gasteiger partial charge on any atom is 0.244 e. The van der Waals surface area contributed by atoms with Gasteiger partial charge >= 0.3 is 0 Å². The zero-order chi connectivity index (χ0) is 7.40. The number of azo groups is 2. The van der Waals surface area contributed by atoms with E-state index in [4.69, 9.17) is 11.7 Å². The maximum atomic E-state index is 4.98. The normalized spacial score (nSPS) is 31.0. The average molecular weight is 144 g/mol. The topological polar surface area (TPSA) is 126 Å². The van der Waals surface area contributed by atoms with Crippen LogP contribution in [0.5, 0.6) is 0 Å². The van der Waals surface area contributed by atoms with Crippen molar-refractivity contribution in [2.24, 2.45) is 32.1 Å². The van der Waals surface area contributed by atoms with Gasteiger partial charge < -0.3 is 0 Å². The second-order valence-electron chi connectivity index (χ2n) is 1.54. The lowest BCUT2D eigenvalue weighted by Gasteiger charge is -2.10. The molecule has 0 aromatic heterocycles. The number of hydrogen-bond acceptors (Lipinski definition) is 8. The van der Waals surface area contributed by atoms with E-state index < -0.39 is 12.6 Å². The van der Waals surface area contributed by atoms with E-state index in [1.54, 1.807) is 0 Å². The molecule has 0 amide bonds. The average Bonchev–Trinajstić information content (AvgIpc) is 2.05. The Labute approximate surface area is 56.7 Å². The first-order valence-corrected chi connectivity index (χ1v) is 2.59. The third-order valence-corrected chi connectivity index (χ3v) is 0.869. The Kier molecular flexibility index (Phi) is 2.34. The Morgan fingerprint density at radius 3 is 1.30 bits per heavy atom. The smallest absolute Gasteiger partial charge is 0.244 e. The van der Waals surface area contributed by atoms with E-state index in [1.807, 2.05) is 0 Å². The minimum Gasteiger partial charge on any atom is -0.268 e. The molecule has 0 atom stereocenters. The van der Waals surface area contributed by atoms with Crippen LogP contribution in [0.1, 0.15) is 0 Å². The van der Waals surface area contributed by atoms with Gasteiger partial charge in [-0.1, -0.05) is 0 Å². The lowest BCUT2D eigenvalue weighted by molar-refractivity contribution is 0.404. The fraction of sp³-hybridized carbons (Fsp3) is 1.00. The van der Waals surface area contributed by atoms with Crippen molar-refractivity contribution in [3.8, 4) is 0 Å². The molecule has 1 aliphatic heterocycles. The van der Waals surface area contributed by atoms with Crippen molar-refractivity contribution in [3.63, 3.8) is 0 Å². The monoisotopic (exact) mass is 144 g/mol. The van der Waals surface area contributed by atoms with Gasteiger partial charge in [-0.05, 0) is 0 Å². The third kappa shape index (κ3) is 1.51. The molecule has 56 valence electrons. The standard InChI is InChI=1S/C2H8N8/c3-5-1-7-9-2(6-4)10-8-1/h1-2,5-6H,3-4H2. The number of nitrogens with zero attached hydrogens (tertiary/aromatic N) is 4. The minimum atomic E-state index is -0.579. The summed E-state index contributed by atoms with van der Waals surface area (Å²) >= 11 is 0. The molecule has 0 saturated heterocycles. The van der Waals surface area contributed by atoms with Crippen LogP contribution in [-0.2, 0) is 0 Å². The predicted molar refractivity (Wildman–Crippen MR) is 31.9 cm³/mol. The molecule has 0 aliphatic carbocycles. The summed E-state index contributed by atoms with van der Waals surface area (Å²) in [6.07, 6.45) is -1.16. The van der Waals surface area contributed by atoms with Gasteiger partial charge in [0.2, 0.25) is 12.6 Å². The summed E-state index contributed by atoms with van der Waals surface area (Å²) in [5.41, 5.74) is 4.52. The number of nitrogens with two attached hydrogens (primary N) is 2. The zero-order valence-electron chi connectivity index (χ0n) is 5.10. The van der Waals surface area contributed by atoms with Gasteiger partial charge in [-0.15, -0.1) is 20.5 Å². The molecular weight excluding hydrogens is 136 g/mol. The van der Waals surface area contributed by atoms with E-state index in [0.717, 1.165) is 0 Å². The molecule has 8 nitrogen and oxygen atoms in total. The molecule has 0 fully saturated rings. The number of hydrazine groups is 2. The highest BCUT2D eigenvalue weighted by Crippen LogP contribution is 2.01. The molecule has 8 heteroatoms. The first kappa shape index (κ1) is 7.15. The second kappa shape index (κ2) is 3.27. The summed E-state index contributed by atoms with van der Waals surface area (Å²) in [5, 5.41) is 14.3. The molecule has 0 bridgehead atoms. The van der Waals surface area contributed by atoms with Crippen LogP contribution < -0.4 is 22.5 Å². The van der Waals surface area contributed by atoms with Gasteiger partial charge in [-0.3, -0.25) is 11.7 Å². The van der Waals surface area contributed by atoms with Gasteiger partial charge in [0, 0.05) is 0 Å². The first-order valence-electron chi connectivity index (χ1n) is 2.59. The molecule has 1 heterocycles. The van der Waals surface area contributed by atoms with Crippen molar-refractivity contribution in [1.29, 1.82) is 0 Å². The van der Waals surface area contributed by atoms with Crippen LogP contribution in [0.3, 0.4) is 0 Å². The summed E-state index contributed by atoms with van der Waals surface area (Å²) < 4.78 is 0. The number of nitrogens with one attached hydrogen (secondary N) is 2. The Morgan fingerprint density at radius 1 is 0.800 bits per heavy atom. The summed E-state index contributed by atoms with van der Waals surface area (Å²) in [7, 11) is 0. The van der Waals surface area contributed by atoms with E-state index in [0.29, 0.717) is 0 Å². The van der Waals surface area contributed by atoms with Crippen LogP contribution in [0, 0.1) is 0 Å². The Hall–Kier alpha value is -0.960. The van der Waals surface area contributed by atoms with E-state index in [9.17, 15) is 0 Å². The second-order valence-corrected chi connectivity index (χ2v) is 1.54. The first-order chi connectivity index (χ1) is 4.86. The maximum absolute atomic E-state index is 4.98. The third-order valence-electron chi connectivity index (χ3n) is 0.869. The summed E-state index contributed by atoms with van der Waals surface area (Å²) in [6, 6.07) is 0. The van der Waals surface area contributed by atoms with Crippen LogP contribution in [0.2, 0.25) is 0 Å². The minimum absolute atomic E-state index is 0.579. The highest BCUT2D eigenvalue weighted by Gasteiger charge is 2.09. The van der Waals surface area contributed by atoms with Crippen molar-refractivity contribution >= 4 is 0 Å². The Balaban J connectivity index is 2.45. The molecule has 10 heavy (non-hydrogen) atoms. The predicted octanol–water partition coefficient (Wildman–Crippen LogP) is -1.60. The highest BCUT2D eigenvalue weighted by molar-refractivity contribution is 4.60. The van der Waals surface area contributed by atoms with Crippen molar-refractivity contribution in [3.05, 3.63) is 0 Å². The van der Waals surface area contributed by atoms with E-state index in [1.165, 1.54) is 0 Å². The molecule has 1 aliphatic rings. The molecular formula is C2H8N8. The molecule has 0 aromatic carbocycles. The van der Waals surface area contributed by atoms with Gasteiger partial charge in [0.05, 0.1) is 0 Å². The van der Waals surface area contributed by atoms with Gasteiger partial charge in [-0.25, -0.2) is 10.9 Å².